The number of ether oxygens (including phenoxy) is 1. The van der Waals surface area contributed by atoms with Crippen molar-refractivity contribution in [1.29, 1.82) is 0 Å². The Balaban J connectivity index is 1.76. The Hall–Kier alpha value is -1.62. The van der Waals surface area contributed by atoms with E-state index in [4.69, 9.17) is 17.0 Å². The fraction of sp³-hybridized carbons (Fsp3) is 0.667. The first-order chi connectivity index (χ1) is 14.1. The summed E-state index contributed by atoms with van der Waals surface area (Å²) in [5.74, 6) is 0.892. The van der Waals surface area contributed by atoms with Gasteiger partial charge in [-0.15, -0.1) is 0 Å². The average molecular weight is 419 g/mol. The van der Waals surface area contributed by atoms with Crippen molar-refractivity contribution in [3.8, 4) is 5.75 Å². The van der Waals surface area contributed by atoms with E-state index in [1.165, 1.54) is 57.8 Å². The number of carbonyl (C=O) groups excluding carboxylic acids is 1. The van der Waals surface area contributed by atoms with E-state index in [0.717, 1.165) is 24.2 Å². The van der Waals surface area contributed by atoms with Crippen molar-refractivity contribution in [3.63, 3.8) is 0 Å². The number of benzene rings is 1. The Morgan fingerprint density at radius 1 is 1.00 bits per heavy atom. The maximum absolute atomic E-state index is 12.3. The molecule has 0 heterocycles. The van der Waals surface area contributed by atoms with E-state index in [2.05, 4.69) is 24.5 Å². The lowest BCUT2D eigenvalue weighted by Crippen LogP contribution is -2.45. The Bertz CT molecular complexity index is 621. The molecule has 1 aliphatic carbocycles. The van der Waals surface area contributed by atoms with Gasteiger partial charge in [0.05, 0.1) is 0 Å². The molecule has 0 atom stereocenters. The van der Waals surface area contributed by atoms with Crippen molar-refractivity contribution in [2.45, 2.75) is 96.4 Å². The van der Waals surface area contributed by atoms with Gasteiger partial charge in [-0.25, -0.2) is 0 Å². The summed E-state index contributed by atoms with van der Waals surface area (Å²) < 4.78 is 5.74. The first kappa shape index (κ1) is 23.7. The van der Waals surface area contributed by atoms with Crippen molar-refractivity contribution in [1.82, 2.24) is 10.6 Å². The van der Waals surface area contributed by atoms with Gasteiger partial charge in [-0.2, -0.15) is 0 Å². The monoisotopic (exact) mass is 418 g/mol. The Kier molecular flexibility index (Phi) is 11.1. The molecule has 2 N–H and O–H groups in total. The Morgan fingerprint density at radius 2 is 1.55 bits per heavy atom. The molecule has 0 radical (unpaired) electrons. The van der Waals surface area contributed by atoms with Crippen LogP contribution in [0.5, 0.6) is 5.75 Å². The number of nitrogens with one attached hydrogen (secondary N) is 2. The van der Waals surface area contributed by atoms with Gasteiger partial charge in [0.1, 0.15) is 5.75 Å². The molecular formula is C24H38N2O2S. The average Bonchev–Trinajstić information content (AvgIpc) is 2.68. The lowest BCUT2D eigenvalue weighted by molar-refractivity contribution is -0.121. The van der Waals surface area contributed by atoms with Gasteiger partial charge in [-0.05, 0) is 42.6 Å². The van der Waals surface area contributed by atoms with Crippen LogP contribution in [-0.4, -0.2) is 23.7 Å². The van der Waals surface area contributed by atoms with Crippen LogP contribution in [0.4, 0.5) is 0 Å². The van der Waals surface area contributed by atoms with Gasteiger partial charge in [0.15, 0.2) is 11.7 Å². The molecule has 1 fully saturated rings. The molecule has 1 aromatic carbocycles. The van der Waals surface area contributed by atoms with E-state index in [-0.39, 0.29) is 12.5 Å². The van der Waals surface area contributed by atoms with E-state index in [1.807, 2.05) is 24.3 Å². The summed E-state index contributed by atoms with van der Waals surface area (Å²) in [5, 5.41) is 6.59. The van der Waals surface area contributed by atoms with Crippen molar-refractivity contribution in [3.05, 3.63) is 29.8 Å². The lowest BCUT2D eigenvalue weighted by Gasteiger charge is -2.21. The van der Waals surface area contributed by atoms with Crippen molar-refractivity contribution in [2.24, 2.45) is 0 Å². The van der Waals surface area contributed by atoms with E-state index in [9.17, 15) is 4.79 Å². The standard InChI is InChI=1S/C24H38N2O2S/c1-19(2)21-16-12-13-17-22(21)28-18-23(27)26-24(29)25-20-14-10-8-6-4-3-5-7-9-11-15-20/h12-13,16-17,19-20H,3-11,14-15,18H2,1-2H3,(H2,25,26,27,29). The highest BCUT2D eigenvalue weighted by Crippen LogP contribution is 2.25. The summed E-state index contributed by atoms with van der Waals surface area (Å²) >= 11 is 5.40. The van der Waals surface area contributed by atoms with Crippen LogP contribution < -0.4 is 15.4 Å². The molecule has 4 nitrogen and oxygen atoms in total. The maximum atomic E-state index is 12.3. The van der Waals surface area contributed by atoms with E-state index in [1.54, 1.807) is 0 Å². The van der Waals surface area contributed by atoms with Crippen LogP contribution in [0.15, 0.2) is 24.3 Å². The number of carbonyl (C=O) groups is 1. The van der Waals surface area contributed by atoms with Crippen molar-refractivity contribution >= 4 is 23.2 Å². The van der Waals surface area contributed by atoms with Gasteiger partial charge in [-0.1, -0.05) is 89.8 Å². The number of amides is 1. The summed E-state index contributed by atoms with van der Waals surface area (Å²) in [4.78, 5) is 12.3. The summed E-state index contributed by atoms with van der Waals surface area (Å²) in [6, 6.07) is 8.21. The minimum Gasteiger partial charge on any atom is -0.483 e. The number of para-hydroxylation sites is 1. The predicted octanol–water partition coefficient (Wildman–Crippen LogP) is 5.85. The molecule has 29 heavy (non-hydrogen) atoms. The van der Waals surface area contributed by atoms with E-state index in [0.29, 0.717) is 17.1 Å². The molecule has 1 amide bonds. The Labute approximate surface area is 182 Å². The summed E-state index contributed by atoms with van der Waals surface area (Å²) in [5.41, 5.74) is 1.11. The van der Waals surface area contributed by atoms with E-state index >= 15 is 0 Å². The third kappa shape index (κ3) is 9.62. The summed E-state index contributed by atoms with van der Waals surface area (Å²) in [6.45, 7) is 4.20. The van der Waals surface area contributed by atoms with Crippen LogP contribution in [0.2, 0.25) is 0 Å². The molecule has 1 aromatic rings. The van der Waals surface area contributed by atoms with Gasteiger partial charge in [-0.3, -0.25) is 4.79 Å². The maximum Gasteiger partial charge on any atom is 0.264 e. The second kappa shape index (κ2) is 13.6. The first-order valence-corrected chi connectivity index (χ1v) is 11.8. The molecule has 162 valence electrons. The third-order valence-corrected chi connectivity index (χ3v) is 5.81. The van der Waals surface area contributed by atoms with Crippen LogP contribution in [0.1, 0.15) is 96.0 Å². The normalized spacial score (nSPS) is 17.1. The summed E-state index contributed by atoms with van der Waals surface area (Å²) in [7, 11) is 0. The lowest BCUT2D eigenvalue weighted by atomic mass is 9.98. The van der Waals surface area contributed by atoms with Gasteiger partial charge < -0.3 is 15.4 Å². The minimum absolute atomic E-state index is 0.0315. The zero-order valence-electron chi connectivity index (χ0n) is 18.2. The van der Waals surface area contributed by atoms with Gasteiger partial charge >= 0.3 is 0 Å². The van der Waals surface area contributed by atoms with E-state index < -0.39 is 0 Å². The molecular weight excluding hydrogens is 380 g/mol. The van der Waals surface area contributed by atoms with Crippen molar-refractivity contribution in [2.75, 3.05) is 6.61 Å². The fourth-order valence-electron chi connectivity index (χ4n) is 3.92. The molecule has 1 saturated carbocycles. The Morgan fingerprint density at radius 3 is 2.14 bits per heavy atom. The highest BCUT2D eigenvalue weighted by atomic mass is 32.1. The topological polar surface area (TPSA) is 50.4 Å². The number of hydrogen-bond acceptors (Lipinski definition) is 3. The quantitative estimate of drug-likeness (QED) is 0.589. The first-order valence-electron chi connectivity index (χ1n) is 11.4. The van der Waals surface area contributed by atoms with Gasteiger partial charge in [0.2, 0.25) is 0 Å². The van der Waals surface area contributed by atoms with Crippen LogP contribution in [0, 0.1) is 0 Å². The third-order valence-electron chi connectivity index (χ3n) is 5.59. The number of thiocarbonyl (C=S) groups is 1. The molecule has 0 aromatic heterocycles. The second-order valence-corrected chi connectivity index (χ2v) is 8.87. The molecule has 2 rings (SSSR count). The fourth-order valence-corrected chi connectivity index (χ4v) is 4.20. The SMILES string of the molecule is CC(C)c1ccccc1OCC(=O)NC(=S)NC1CCCCCCCCCCC1. The zero-order valence-corrected chi connectivity index (χ0v) is 19.0. The minimum atomic E-state index is -0.214. The largest absolute Gasteiger partial charge is 0.483 e. The summed E-state index contributed by atoms with van der Waals surface area (Å²) in [6.07, 6.45) is 14.1. The zero-order chi connectivity index (χ0) is 20.9. The molecule has 0 unspecified atom stereocenters. The van der Waals surface area contributed by atoms with Gasteiger partial charge in [0, 0.05) is 6.04 Å². The van der Waals surface area contributed by atoms with Crippen molar-refractivity contribution < 1.29 is 9.53 Å². The predicted molar refractivity (Wildman–Crippen MR) is 124 cm³/mol. The smallest absolute Gasteiger partial charge is 0.264 e. The molecule has 5 heteroatoms. The molecule has 0 saturated heterocycles. The second-order valence-electron chi connectivity index (χ2n) is 8.46. The van der Waals surface area contributed by atoms with Crippen LogP contribution in [0.25, 0.3) is 0 Å². The molecule has 0 bridgehead atoms. The molecule has 0 aliphatic heterocycles. The highest BCUT2D eigenvalue weighted by Gasteiger charge is 2.14. The molecule has 1 aliphatic rings. The number of rotatable bonds is 5. The molecule has 0 spiro atoms. The van der Waals surface area contributed by atoms with Crippen LogP contribution in [-0.2, 0) is 4.79 Å². The van der Waals surface area contributed by atoms with Crippen LogP contribution >= 0.6 is 12.2 Å². The van der Waals surface area contributed by atoms with Gasteiger partial charge in [0.25, 0.3) is 5.91 Å². The van der Waals surface area contributed by atoms with Crippen LogP contribution in [0.3, 0.4) is 0 Å². The highest BCUT2D eigenvalue weighted by molar-refractivity contribution is 7.80. The number of hydrogen-bond donors (Lipinski definition) is 2.